The third-order valence-corrected chi connectivity index (χ3v) is 5.47. The fraction of sp³-hybridized carbons (Fsp3) is 0.300. The van der Waals surface area contributed by atoms with Gasteiger partial charge in [-0.3, -0.25) is 9.36 Å². The molecule has 1 atom stereocenters. The topological polar surface area (TPSA) is 125 Å². The van der Waals surface area contributed by atoms with Gasteiger partial charge in [-0.15, -0.1) is 0 Å². The van der Waals surface area contributed by atoms with Crippen molar-refractivity contribution >= 4 is 22.6 Å². The lowest BCUT2D eigenvalue weighted by Crippen LogP contribution is -2.42. The predicted octanol–water partition coefficient (Wildman–Crippen LogP) is 1.51. The lowest BCUT2D eigenvalue weighted by Gasteiger charge is -2.32. The summed E-state index contributed by atoms with van der Waals surface area (Å²) >= 11 is 0. The van der Waals surface area contributed by atoms with E-state index in [1.807, 2.05) is 30.5 Å². The number of hydrogen-bond acceptors (Lipinski definition) is 6. The van der Waals surface area contributed by atoms with Gasteiger partial charge in [0, 0.05) is 19.3 Å². The number of pyridine rings is 1. The zero-order valence-corrected chi connectivity index (χ0v) is 16.0. The fourth-order valence-electron chi connectivity index (χ4n) is 4.06. The van der Waals surface area contributed by atoms with Crippen LogP contribution in [-0.4, -0.2) is 53.0 Å². The number of hydrogen-bond donors (Lipinski definition) is 1. The number of aromatic nitrogens is 6. The van der Waals surface area contributed by atoms with E-state index in [-0.39, 0.29) is 24.1 Å². The number of carbonyl (C=O) groups is 1. The molecule has 1 amide bonds. The molecule has 1 aliphatic rings. The Labute approximate surface area is 170 Å². The van der Waals surface area contributed by atoms with Crippen molar-refractivity contribution in [2.45, 2.75) is 25.3 Å². The van der Waals surface area contributed by atoms with Gasteiger partial charge >= 0.3 is 5.69 Å². The molecule has 1 aliphatic heterocycles. The second kappa shape index (κ2) is 7.11. The van der Waals surface area contributed by atoms with Crippen LogP contribution in [0.25, 0.3) is 28.1 Å². The predicted molar refractivity (Wildman–Crippen MR) is 107 cm³/mol. The highest BCUT2D eigenvalue weighted by molar-refractivity contribution is 5.80. The quantitative estimate of drug-likeness (QED) is 0.554. The van der Waals surface area contributed by atoms with Gasteiger partial charge in [0.25, 0.3) is 0 Å². The SMILES string of the molecule is N#CCC(=O)N1CCC[C@H](n2c(=O)[nH]c3cnc(-c4cnn5ccccc45)nc32)C1. The number of likely N-dealkylation sites (tertiary alicyclic amines) is 1. The molecular weight excluding hydrogens is 384 g/mol. The van der Waals surface area contributed by atoms with Crippen molar-refractivity contribution in [3.05, 3.63) is 47.3 Å². The van der Waals surface area contributed by atoms with E-state index in [4.69, 9.17) is 5.26 Å². The van der Waals surface area contributed by atoms with Crippen molar-refractivity contribution in [1.82, 2.24) is 34.0 Å². The van der Waals surface area contributed by atoms with Gasteiger partial charge in [0.05, 0.1) is 35.6 Å². The number of H-pyrrole nitrogens is 1. The molecule has 1 N–H and O–H groups in total. The fourth-order valence-corrected chi connectivity index (χ4v) is 4.06. The molecule has 0 aliphatic carbocycles. The van der Waals surface area contributed by atoms with Gasteiger partial charge in [-0.05, 0) is 25.0 Å². The maximum absolute atomic E-state index is 12.7. The second-order valence-electron chi connectivity index (χ2n) is 7.29. The maximum Gasteiger partial charge on any atom is 0.328 e. The van der Waals surface area contributed by atoms with Gasteiger partial charge in [-0.25, -0.2) is 19.3 Å². The van der Waals surface area contributed by atoms with Crippen LogP contribution < -0.4 is 5.69 Å². The van der Waals surface area contributed by atoms with Crippen molar-refractivity contribution in [3.8, 4) is 17.5 Å². The van der Waals surface area contributed by atoms with Gasteiger partial charge in [0.2, 0.25) is 5.91 Å². The summed E-state index contributed by atoms with van der Waals surface area (Å²) < 4.78 is 3.35. The van der Waals surface area contributed by atoms with Gasteiger partial charge in [0.1, 0.15) is 11.9 Å². The largest absolute Gasteiger partial charge is 0.340 e. The van der Waals surface area contributed by atoms with Crippen LogP contribution >= 0.6 is 0 Å². The first kappa shape index (κ1) is 18.1. The minimum Gasteiger partial charge on any atom is -0.340 e. The number of nitriles is 1. The minimum absolute atomic E-state index is 0.156. The second-order valence-corrected chi connectivity index (χ2v) is 7.29. The number of nitrogens with zero attached hydrogens (tertiary/aromatic N) is 7. The molecule has 0 bridgehead atoms. The van der Waals surface area contributed by atoms with Crippen molar-refractivity contribution < 1.29 is 4.79 Å². The minimum atomic E-state index is -0.282. The van der Waals surface area contributed by atoms with Crippen LogP contribution in [0.1, 0.15) is 25.3 Å². The van der Waals surface area contributed by atoms with Gasteiger partial charge < -0.3 is 9.88 Å². The number of rotatable bonds is 3. The normalized spacial score (nSPS) is 16.8. The lowest BCUT2D eigenvalue weighted by atomic mass is 10.1. The van der Waals surface area contributed by atoms with Crippen LogP contribution in [0, 0.1) is 11.3 Å². The Morgan fingerprint density at radius 1 is 1.33 bits per heavy atom. The van der Waals surface area contributed by atoms with Crippen LogP contribution in [-0.2, 0) is 4.79 Å². The highest BCUT2D eigenvalue weighted by Crippen LogP contribution is 2.26. The number of carbonyl (C=O) groups excluding carboxylic acids is 1. The van der Waals surface area contributed by atoms with Crippen molar-refractivity contribution in [3.63, 3.8) is 0 Å². The molecule has 10 nitrogen and oxygen atoms in total. The molecule has 4 aromatic heterocycles. The van der Waals surface area contributed by atoms with Crippen molar-refractivity contribution in [2.24, 2.45) is 0 Å². The average molecular weight is 402 g/mol. The van der Waals surface area contributed by atoms with E-state index in [0.717, 1.165) is 23.9 Å². The zero-order valence-electron chi connectivity index (χ0n) is 16.0. The third kappa shape index (κ3) is 2.91. The van der Waals surface area contributed by atoms with Crippen LogP contribution in [0.5, 0.6) is 0 Å². The summed E-state index contributed by atoms with van der Waals surface area (Å²) in [5, 5.41) is 13.1. The van der Waals surface area contributed by atoms with Gasteiger partial charge in [-0.2, -0.15) is 10.4 Å². The Morgan fingerprint density at radius 2 is 2.23 bits per heavy atom. The standard InChI is InChI=1S/C20H18N8O2/c21-7-6-17(29)26-8-3-4-13(12-26)28-19-15(24-20(28)30)11-22-18(25-19)14-10-23-27-9-2-1-5-16(14)27/h1-2,5,9-11,13H,3-4,6,8,12H2,(H,24,30)/t13-/m0/s1. The molecule has 5 rings (SSSR count). The monoisotopic (exact) mass is 402 g/mol. The molecule has 1 fully saturated rings. The first-order valence-electron chi connectivity index (χ1n) is 9.70. The molecule has 0 spiro atoms. The van der Waals surface area contributed by atoms with Gasteiger partial charge in [-0.1, -0.05) is 6.07 Å². The van der Waals surface area contributed by atoms with E-state index in [0.29, 0.717) is 30.1 Å². The molecule has 150 valence electrons. The summed E-state index contributed by atoms with van der Waals surface area (Å²) in [6.45, 7) is 0.972. The summed E-state index contributed by atoms with van der Waals surface area (Å²) in [4.78, 5) is 38.4. The van der Waals surface area contributed by atoms with E-state index in [9.17, 15) is 9.59 Å². The number of amides is 1. The van der Waals surface area contributed by atoms with Crippen molar-refractivity contribution in [2.75, 3.05) is 13.1 Å². The summed E-state index contributed by atoms with van der Waals surface area (Å²) in [7, 11) is 0. The summed E-state index contributed by atoms with van der Waals surface area (Å²) in [5.41, 5.74) is 2.40. The molecule has 0 aromatic carbocycles. The molecule has 0 radical (unpaired) electrons. The highest BCUT2D eigenvalue weighted by atomic mass is 16.2. The van der Waals surface area contributed by atoms with E-state index in [2.05, 4.69) is 20.1 Å². The molecular formula is C20H18N8O2. The first-order chi connectivity index (χ1) is 14.7. The van der Waals surface area contributed by atoms with E-state index in [1.54, 1.807) is 26.4 Å². The Hall–Kier alpha value is -4.00. The molecule has 1 saturated heterocycles. The Kier molecular flexibility index (Phi) is 4.28. The van der Waals surface area contributed by atoms with E-state index in [1.165, 1.54) is 0 Å². The maximum atomic E-state index is 12.7. The number of aromatic amines is 1. The highest BCUT2D eigenvalue weighted by Gasteiger charge is 2.27. The Bertz CT molecular complexity index is 1360. The van der Waals surface area contributed by atoms with E-state index >= 15 is 0 Å². The van der Waals surface area contributed by atoms with Gasteiger partial charge in [0.15, 0.2) is 11.5 Å². The van der Waals surface area contributed by atoms with Crippen LogP contribution in [0.4, 0.5) is 0 Å². The molecule has 0 saturated carbocycles. The smallest absolute Gasteiger partial charge is 0.328 e. The first-order valence-corrected chi connectivity index (χ1v) is 9.70. The number of piperidine rings is 1. The average Bonchev–Trinajstić information content (AvgIpc) is 3.33. The number of fused-ring (bicyclic) bond motifs is 2. The Balaban J connectivity index is 1.57. The number of imidazole rings is 1. The molecule has 10 heteroatoms. The Morgan fingerprint density at radius 3 is 3.10 bits per heavy atom. The number of nitrogens with one attached hydrogen (secondary N) is 1. The van der Waals surface area contributed by atoms with E-state index < -0.39 is 0 Å². The lowest BCUT2D eigenvalue weighted by molar-refractivity contribution is -0.131. The zero-order chi connectivity index (χ0) is 20.7. The van der Waals surface area contributed by atoms with Crippen LogP contribution in [0.15, 0.2) is 41.6 Å². The molecule has 4 aromatic rings. The molecule has 0 unspecified atom stereocenters. The third-order valence-electron chi connectivity index (χ3n) is 5.47. The summed E-state index contributed by atoms with van der Waals surface area (Å²) in [5.74, 6) is 0.265. The molecule has 30 heavy (non-hydrogen) atoms. The van der Waals surface area contributed by atoms with Crippen molar-refractivity contribution in [1.29, 1.82) is 5.26 Å². The van der Waals surface area contributed by atoms with Crippen LogP contribution in [0.2, 0.25) is 0 Å². The van der Waals surface area contributed by atoms with Crippen LogP contribution in [0.3, 0.4) is 0 Å². The molecule has 5 heterocycles. The summed E-state index contributed by atoms with van der Waals surface area (Å²) in [6.07, 6.45) is 6.50. The summed E-state index contributed by atoms with van der Waals surface area (Å²) in [6, 6.07) is 7.42.